The van der Waals surface area contributed by atoms with Crippen molar-refractivity contribution in [2.45, 2.75) is 58.5 Å². The summed E-state index contributed by atoms with van der Waals surface area (Å²) in [6.07, 6.45) is 5.38. The van der Waals surface area contributed by atoms with Gasteiger partial charge in [0.2, 0.25) is 0 Å². The Morgan fingerprint density at radius 3 is 2.70 bits per heavy atom. The van der Waals surface area contributed by atoms with E-state index >= 15 is 0 Å². The second kappa shape index (κ2) is 8.42. The van der Waals surface area contributed by atoms with Gasteiger partial charge in [0, 0.05) is 10.8 Å². The number of carbonyl (C=O) groups excluding carboxylic acids is 1. The number of carbonyl (C=O) groups is 1. The standard InChI is InChI=1S/C16H26O3S/c1-4-6-7-8-10-13(3)16(18,15(17)19-5-2)14-11-9-12-20-14/h9,11-13,18H,4-8,10H2,1-3H3/t13-,16+/m0/s1. The highest BCUT2D eigenvalue weighted by atomic mass is 32.1. The molecule has 0 aliphatic rings. The van der Waals surface area contributed by atoms with E-state index in [1.807, 2.05) is 24.4 Å². The average Bonchev–Trinajstić information content (AvgIpc) is 2.97. The summed E-state index contributed by atoms with van der Waals surface area (Å²) in [5.41, 5.74) is -1.50. The number of ether oxygens (including phenoxy) is 1. The number of aliphatic hydroxyl groups is 1. The van der Waals surface area contributed by atoms with Gasteiger partial charge >= 0.3 is 5.97 Å². The molecule has 0 spiro atoms. The Balaban J connectivity index is 2.79. The number of unbranched alkanes of at least 4 members (excludes halogenated alkanes) is 3. The summed E-state index contributed by atoms with van der Waals surface area (Å²) in [6, 6.07) is 3.66. The van der Waals surface area contributed by atoms with Gasteiger partial charge in [0.05, 0.1) is 6.61 Å². The molecule has 0 aliphatic carbocycles. The molecule has 4 heteroatoms. The van der Waals surface area contributed by atoms with Crippen LogP contribution in [0.5, 0.6) is 0 Å². The van der Waals surface area contributed by atoms with Gasteiger partial charge in [0.15, 0.2) is 5.60 Å². The van der Waals surface area contributed by atoms with Crippen molar-refractivity contribution in [3.63, 3.8) is 0 Å². The molecule has 20 heavy (non-hydrogen) atoms. The van der Waals surface area contributed by atoms with E-state index in [9.17, 15) is 9.90 Å². The van der Waals surface area contributed by atoms with Crippen LogP contribution in [0.25, 0.3) is 0 Å². The maximum Gasteiger partial charge on any atom is 0.343 e. The van der Waals surface area contributed by atoms with Gasteiger partial charge < -0.3 is 9.84 Å². The third-order valence-corrected chi connectivity index (χ3v) is 4.68. The van der Waals surface area contributed by atoms with Crippen LogP contribution in [0.4, 0.5) is 0 Å². The lowest BCUT2D eigenvalue weighted by atomic mass is 9.83. The number of hydrogen-bond acceptors (Lipinski definition) is 4. The molecule has 0 saturated heterocycles. The van der Waals surface area contributed by atoms with Crippen molar-refractivity contribution in [1.29, 1.82) is 0 Å². The Bertz CT molecular complexity index is 388. The third kappa shape index (κ3) is 4.06. The highest BCUT2D eigenvalue weighted by molar-refractivity contribution is 7.10. The van der Waals surface area contributed by atoms with Gasteiger partial charge in [-0.2, -0.15) is 0 Å². The minimum absolute atomic E-state index is 0.142. The minimum Gasteiger partial charge on any atom is -0.464 e. The van der Waals surface area contributed by atoms with E-state index in [0.29, 0.717) is 4.88 Å². The van der Waals surface area contributed by atoms with Gasteiger partial charge in [-0.05, 0) is 24.8 Å². The molecule has 0 saturated carbocycles. The summed E-state index contributed by atoms with van der Waals surface area (Å²) >= 11 is 1.41. The SMILES string of the molecule is CCCCCC[C@H](C)[C@](O)(C(=O)OCC)c1cccs1. The summed E-state index contributed by atoms with van der Waals surface area (Å²) in [6.45, 7) is 6.15. The first-order valence-electron chi connectivity index (χ1n) is 7.50. The Morgan fingerprint density at radius 2 is 2.15 bits per heavy atom. The van der Waals surface area contributed by atoms with E-state index in [4.69, 9.17) is 4.74 Å². The summed E-state index contributed by atoms with van der Waals surface area (Å²) in [7, 11) is 0. The first-order chi connectivity index (χ1) is 9.57. The lowest BCUT2D eigenvalue weighted by Gasteiger charge is -2.31. The summed E-state index contributed by atoms with van der Waals surface area (Å²) in [4.78, 5) is 12.9. The van der Waals surface area contributed by atoms with Crippen LogP contribution in [0.15, 0.2) is 17.5 Å². The van der Waals surface area contributed by atoms with Crippen molar-refractivity contribution in [2.75, 3.05) is 6.61 Å². The van der Waals surface area contributed by atoms with Crippen molar-refractivity contribution >= 4 is 17.3 Å². The number of rotatable bonds is 9. The molecule has 2 atom stereocenters. The molecule has 0 amide bonds. The highest BCUT2D eigenvalue weighted by Crippen LogP contribution is 2.37. The smallest absolute Gasteiger partial charge is 0.343 e. The first-order valence-corrected chi connectivity index (χ1v) is 8.38. The second-order valence-corrected chi connectivity index (χ2v) is 6.16. The fourth-order valence-electron chi connectivity index (χ4n) is 2.37. The van der Waals surface area contributed by atoms with Crippen molar-refractivity contribution in [2.24, 2.45) is 5.92 Å². The zero-order valence-electron chi connectivity index (χ0n) is 12.7. The van der Waals surface area contributed by atoms with Gasteiger partial charge in [0.25, 0.3) is 0 Å². The van der Waals surface area contributed by atoms with E-state index in [0.717, 1.165) is 19.3 Å². The summed E-state index contributed by atoms with van der Waals surface area (Å²) in [5, 5.41) is 12.8. The number of hydrogen-bond donors (Lipinski definition) is 1. The van der Waals surface area contributed by atoms with Crippen LogP contribution in [0.2, 0.25) is 0 Å². The molecular weight excluding hydrogens is 272 g/mol. The van der Waals surface area contributed by atoms with Crippen LogP contribution in [0.3, 0.4) is 0 Å². The van der Waals surface area contributed by atoms with Crippen LogP contribution < -0.4 is 0 Å². The van der Waals surface area contributed by atoms with E-state index in [2.05, 4.69) is 6.92 Å². The molecule has 3 nitrogen and oxygen atoms in total. The predicted octanol–water partition coefficient (Wildman–Crippen LogP) is 4.11. The zero-order chi connectivity index (χ0) is 15.0. The van der Waals surface area contributed by atoms with Gasteiger partial charge in [-0.25, -0.2) is 4.79 Å². The van der Waals surface area contributed by atoms with Crippen LogP contribution in [-0.4, -0.2) is 17.7 Å². The van der Waals surface area contributed by atoms with Gasteiger partial charge in [-0.1, -0.05) is 45.6 Å². The molecule has 114 valence electrons. The van der Waals surface area contributed by atoms with Gasteiger partial charge in [-0.15, -0.1) is 11.3 Å². The van der Waals surface area contributed by atoms with Gasteiger partial charge in [-0.3, -0.25) is 0 Å². The normalized spacial score (nSPS) is 15.6. The molecular formula is C16H26O3S. The first kappa shape index (κ1) is 17.2. The molecule has 1 aromatic rings. The Kier molecular flexibility index (Phi) is 7.24. The maximum absolute atomic E-state index is 12.2. The van der Waals surface area contributed by atoms with E-state index < -0.39 is 11.6 Å². The largest absolute Gasteiger partial charge is 0.464 e. The lowest BCUT2D eigenvalue weighted by Crippen LogP contribution is -2.42. The van der Waals surface area contributed by atoms with Crippen molar-refractivity contribution < 1.29 is 14.6 Å². The molecule has 0 radical (unpaired) electrons. The van der Waals surface area contributed by atoms with E-state index in [1.165, 1.54) is 24.2 Å². The number of thiophene rings is 1. The Morgan fingerprint density at radius 1 is 1.40 bits per heavy atom. The Hall–Kier alpha value is -0.870. The highest BCUT2D eigenvalue weighted by Gasteiger charge is 2.45. The summed E-state index contributed by atoms with van der Waals surface area (Å²) in [5.74, 6) is -0.664. The van der Waals surface area contributed by atoms with Crippen LogP contribution in [0.1, 0.15) is 57.8 Å². The van der Waals surface area contributed by atoms with Crippen LogP contribution in [-0.2, 0) is 15.1 Å². The third-order valence-electron chi connectivity index (χ3n) is 3.69. The van der Waals surface area contributed by atoms with Crippen molar-refractivity contribution in [3.8, 4) is 0 Å². The second-order valence-electron chi connectivity index (χ2n) is 5.21. The molecule has 0 fully saturated rings. The van der Waals surface area contributed by atoms with Crippen LogP contribution >= 0.6 is 11.3 Å². The fraction of sp³-hybridized carbons (Fsp3) is 0.688. The average molecular weight is 298 g/mol. The molecule has 1 aromatic heterocycles. The Labute approximate surface area is 126 Å². The predicted molar refractivity (Wildman–Crippen MR) is 82.8 cm³/mol. The quantitative estimate of drug-likeness (QED) is 0.551. The van der Waals surface area contributed by atoms with E-state index in [-0.39, 0.29) is 12.5 Å². The van der Waals surface area contributed by atoms with Crippen molar-refractivity contribution in [3.05, 3.63) is 22.4 Å². The van der Waals surface area contributed by atoms with Gasteiger partial charge in [0.1, 0.15) is 0 Å². The molecule has 1 rings (SSSR count). The van der Waals surface area contributed by atoms with Crippen molar-refractivity contribution in [1.82, 2.24) is 0 Å². The van der Waals surface area contributed by atoms with E-state index in [1.54, 1.807) is 6.92 Å². The zero-order valence-corrected chi connectivity index (χ0v) is 13.5. The molecule has 1 heterocycles. The fourth-order valence-corrected chi connectivity index (χ4v) is 3.29. The topological polar surface area (TPSA) is 46.5 Å². The molecule has 0 bridgehead atoms. The minimum atomic E-state index is -1.50. The maximum atomic E-state index is 12.2. The monoisotopic (exact) mass is 298 g/mol. The van der Waals surface area contributed by atoms with Crippen LogP contribution in [0, 0.1) is 5.92 Å². The summed E-state index contributed by atoms with van der Waals surface area (Å²) < 4.78 is 5.10. The molecule has 0 aliphatic heterocycles. The lowest BCUT2D eigenvalue weighted by molar-refractivity contribution is -0.172. The molecule has 1 N–H and O–H groups in total. The molecule has 0 unspecified atom stereocenters. The molecule has 0 aromatic carbocycles. The number of esters is 1.